The molecule has 2 aliphatic carbocycles. The summed E-state index contributed by atoms with van der Waals surface area (Å²) in [5, 5.41) is 9.71. The molecule has 174 valence electrons. The van der Waals surface area contributed by atoms with Gasteiger partial charge in [-0.15, -0.1) is 0 Å². The minimum atomic E-state index is -0.584. The van der Waals surface area contributed by atoms with Crippen LogP contribution in [0.15, 0.2) is 42.9 Å². The number of allylic oxidation sites excluding steroid dienone is 1. The number of pyridine rings is 1. The molecule has 1 saturated carbocycles. The molecule has 3 aromatic rings. The first-order valence-electron chi connectivity index (χ1n) is 10.9. The molecule has 0 radical (unpaired) electrons. The summed E-state index contributed by atoms with van der Waals surface area (Å²) in [5.74, 6) is -0.0214. The van der Waals surface area contributed by atoms with Crippen LogP contribution in [0.4, 0.5) is 14.9 Å². The predicted octanol–water partition coefficient (Wildman–Crippen LogP) is 3.76. The van der Waals surface area contributed by atoms with Crippen LogP contribution < -0.4 is 15.4 Å². The van der Waals surface area contributed by atoms with Crippen molar-refractivity contribution in [1.29, 1.82) is 0 Å². The smallest absolute Gasteiger partial charge is 0.319 e. The van der Waals surface area contributed by atoms with Gasteiger partial charge >= 0.3 is 6.03 Å². The number of aromatic nitrogens is 3. The van der Waals surface area contributed by atoms with Crippen LogP contribution in [0.1, 0.15) is 29.7 Å². The monoisotopic (exact) mass is 463 g/mol. The number of fused-ring (bicyclic) bond motifs is 1. The van der Waals surface area contributed by atoms with E-state index in [1.807, 2.05) is 12.3 Å². The lowest BCUT2D eigenvalue weighted by molar-refractivity contribution is -0.129. The fraction of sp³-hybridized carbons (Fsp3) is 0.250. The van der Waals surface area contributed by atoms with Gasteiger partial charge < -0.3 is 20.1 Å². The third kappa shape index (κ3) is 4.90. The average Bonchev–Trinajstić information content (AvgIpc) is 3.31. The number of halogens is 1. The lowest BCUT2D eigenvalue weighted by atomic mass is 10.1. The molecule has 5 rings (SSSR count). The molecule has 10 heteroatoms. The van der Waals surface area contributed by atoms with E-state index in [2.05, 4.69) is 20.7 Å². The van der Waals surface area contributed by atoms with Gasteiger partial charge in [0.15, 0.2) is 11.6 Å². The van der Waals surface area contributed by atoms with Gasteiger partial charge in [-0.25, -0.2) is 9.18 Å². The standard InChI is InChI=1S/C24H22FN5O4/c25-20-11-18(29-24(32)28-17-1-2-17)3-4-23(20)34-22-5-6-26-21-10-15(9-19(21)22)16-12-27-30(13-16)7-8-33-14-31/h3-6,10-14,17H,1-2,7-9H2,(H2,28,29,32). The van der Waals surface area contributed by atoms with E-state index >= 15 is 0 Å². The van der Waals surface area contributed by atoms with Crippen molar-refractivity contribution in [1.82, 2.24) is 20.1 Å². The molecule has 1 fully saturated rings. The van der Waals surface area contributed by atoms with E-state index in [1.165, 1.54) is 12.1 Å². The Morgan fingerprint density at radius 1 is 1.26 bits per heavy atom. The molecule has 0 atom stereocenters. The van der Waals surface area contributed by atoms with E-state index in [4.69, 9.17) is 9.47 Å². The highest BCUT2D eigenvalue weighted by atomic mass is 19.1. The normalized spacial score (nSPS) is 14.2. The Morgan fingerprint density at radius 3 is 2.94 bits per heavy atom. The molecule has 0 saturated heterocycles. The number of benzene rings is 1. The molecule has 2 heterocycles. The maximum Gasteiger partial charge on any atom is 0.319 e. The van der Waals surface area contributed by atoms with E-state index in [-0.39, 0.29) is 24.4 Å². The number of hydrogen-bond donors (Lipinski definition) is 2. The summed E-state index contributed by atoms with van der Waals surface area (Å²) in [6, 6.07) is 5.88. The molecule has 0 spiro atoms. The van der Waals surface area contributed by atoms with Crippen LogP contribution in [0, 0.1) is 5.82 Å². The number of hydrogen-bond acceptors (Lipinski definition) is 6. The minimum Gasteiger partial charge on any atom is -0.466 e. The van der Waals surface area contributed by atoms with Crippen molar-refractivity contribution in [2.75, 3.05) is 11.9 Å². The van der Waals surface area contributed by atoms with Crippen molar-refractivity contribution >= 4 is 29.8 Å². The number of carbonyl (C=O) groups is 2. The van der Waals surface area contributed by atoms with Gasteiger partial charge in [0, 0.05) is 47.7 Å². The number of nitrogens with zero attached hydrogens (tertiary/aromatic N) is 3. The fourth-order valence-electron chi connectivity index (χ4n) is 3.69. The number of carbonyl (C=O) groups excluding carboxylic acids is 2. The van der Waals surface area contributed by atoms with Gasteiger partial charge in [0.1, 0.15) is 12.4 Å². The second-order valence-corrected chi connectivity index (χ2v) is 8.10. The molecular formula is C24H22FN5O4. The Labute approximate surface area is 194 Å². The Morgan fingerprint density at radius 2 is 2.15 bits per heavy atom. The lowest BCUT2D eigenvalue weighted by Gasteiger charge is -2.12. The van der Waals surface area contributed by atoms with Crippen molar-refractivity contribution in [2.24, 2.45) is 0 Å². The average molecular weight is 463 g/mol. The molecule has 34 heavy (non-hydrogen) atoms. The molecular weight excluding hydrogens is 441 g/mol. The number of urea groups is 1. The van der Waals surface area contributed by atoms with Crippen LogP contribution in [0.25, 0.3) is 11.6 Å². The molecule has 2 aromatic heterocycles. The zero-order valence-electron chi connectivity index (χ0n) is 18.2. The second-order valence-electron chi connectivity index (χ2n) is 8.10. The Balaban J connectivity index is 1.26. The summed E-state index contributed by atoms with van der Waals surface area (Å²) in [7, 11) is 0. The van der Waals surface area contributed by atoms with Crippen molar-refractivity contribution in [2.45, 2.75) is 31.8 Å². The van der Waals surface area contributed by atoms with Gasteiger partial charge in [0.2, 0.25) is 0 Å². The number of anilines is 1. The maximum atomic E-state index is 14.7. The Kier molecular flexibility index (Phi) is 5.94. The SMILES string of the molecule is O=COCCn1cc(C2=Cc3nccc(Oc4ccc(NC(=O)NC5CC5)cc4F)c3C2)cn1. The van der Waals surface area contributed by atoms with E-state index in [1.54, 1.807) is 29.2 Å². The molecule has 2 amide bonds. The van der Waals surface area contributed by atoms with Crippen molar-refractivity contribution in [3.63, 3.8) is 0 Å². The highest BCUT2D eigenvalue weighted by molar-refractivity contribution is 5.90. The van der Waals surface area contributed by atoms with Gasteiger partial charge in [-0.1, -0.05) is 0 Å². The van der Waals surface area contributed by atoms with Gasteiger partial charge in [-0.2, -0.15) is 5.10 Å². The summed E-state index contributed by atoms with van der Waals surface area (Å²) in [5.41, 5.74) is 3.87. The minimum absolute atomic E-state index is 0.0537. The Bertz CT molecular complexity index is 1270. The summed E-state index contributed by atoms with van der Waals surface area (Å²) >= 11 is 0. The van der Waals surface area contributed by atoms with Crippen molar-refractivity contribution in [3.05, 3.63) is 65.5 Å². The third-order valence-corrected chi connectivity index (χ3v) is 5.56. The van der Waals surface area contributed by atoms with Gasteiger partial charge in [-0.3, -0.25) is 14.5 Å². The first kappa shape index (κ1) is 21.6. The van der Waals surface area contributed by atoms with Crippen LogP contribution >= 0.6 is 0 Å². The largest absolute Gasteiger partial charge is 0.466 e. The number of amides is 2. The summed E-state index contributed by atoms with van der Waals surface area (Å²) < 4.78 is 27.0. The molecule has 2 N–H and O–H groups in total. The van der Waals surface area contributed by atoms with Crippen molar-refractivity contribution < 1.29 is 23.5 Å². The number of ether oxygens (including phenoxy) is 2. The number of rotatable bonds is 9. The van der Waals surface area contributed by atoms with Crippen LogP contribution in [-0.4, -0.2) is 39.9 Å². The molecule has 0 unspecified atom stereocenters. The predicted molar refractivity (Wildman–Crippen MR) is 122 cm³/mol. The van der Waals surface area contributed by atoms with Crippen LogP contribution in [-0.2, 0) is 22.5 Å². The lowest BCUT2D eigenvalue weighted by Crippen LogP contribution is -2.30. The molecule has 0 bridgehead atoms. The number of nitrogens with one attached hydrogen (secondary N) is 2. The fourth-order valence-corrected chi connectivity index (χ4v) is 3.69. The quantitative estimate of drug-likeness (QED) is 0.370. The zero-order chi connectivity index (χ0) is 23.5. The topological polar surface area (TPSA) is 107 Å². The third-order valence-electron chi connectivity index (χ3n) is 5.56. The highest BCUT2D eigenvalue weighted by Gasteiger charge is 2.24. The van der Waals surface area contributed by atoms with E-state index in [0.29, 0.717) is 30.9 Å². The zero-order valence-corrected chi connectivity index (χ0v) is 18.2. The summed E-state index contributed by atoms with van der Waals surface area (Å²) in [6.07, 6.45) is 9.68. The van der Waals surface area contributed by atoms with Gasteiger partial charge in [-0.05, 0) is 42.7 Å². The van der Waals surface area contributed by atoms with Crippen molar-refractivity contribution in [3.8, 4) is 11.5 Å². The maximum absolute atomic E-state index is 14.7. The molecule has 1 aromatic carbocycles. The first-order chi connectivity index (χ1) is 16.6. The highest BCUT2D eigenvalue weighted by Crippen LogP contribution is 2.38. The van der Waals surface area contributed by atoms with E-state index in [0.717, 1.165) is 35.2 Å². The second kappa shape index (κ2) is 9.34. The van der Waals surface area contributed by atoms with Gasteiger partial charge in [0.05, 0.1) is 18.4 Å². The van der Waals surface area contributed by atoms with Gasteiger partial charge in [0.25, 0.3) is 6.47 Å². The van der Waals surface area contributed by atoms with E-state index < -0.39 is 5.82 Å². The Hall–Kier alpha value is -4.21. The van der Waals surface area contributed by atoms with Crippen LogP contribution in [0.2, 0.25) is 0 Å². The van der Waals surface area contributed by atoms with E-state index in [9.17, 15) is 14.0 Å². The van der Waals surface area contributed by atoms with Crippen LogP contribution in [0.5, 0.6) is 11.5 Å². The molecule has 2 aliphatic rings. The summed E-state index contributed by atoms with van der Waals surface area (Å²) in [4.78, 5) is 26.6. The molecule has 0 aliphatic heterocycles. The summed E-state index contributed by atoms with van der Waals surface area (Å²) in [6.45, 7) is 1.11. The first-order valence-corrected chi connectivity index (χ1v) is 10.9. The molecule has 9 nitrogen and oxygen atoms in total. The van der Waals surface area contributed by atoms with Crippen LogP contribution in [0.3, 0.4) is 0 Å².